The molecule has 0 spiro atoms. The second-order valence-electron chi connectivity index (χ2n) is 9.55. The molecule has 3 aliphatic rings. The number of fused-ring (bicyclic) bond motifs is 5. The molecule has 32 heavy (non-hydrogen) atoms. The van der Waals surface area contributed by atoms with Gasteiger partial charge in [0, 0.05) is 16.6 Å². The molecule has 0 N–H and O–H groups in total. The molecule has 3 aliphatic heterocycles. The van der Waals surface area contributed by atoms with Crippen LogP contribution in [0, 0.1) is 17.3 Å². The van der Waals surface area contributed by atoms with Crippen LogP contribution in [-0.2, 0) is 14.4 Å². The van der Waals surface area contributed by atoms with Crippen LogP contribution >= 0.6 is 23.2 Å². The van der Waals surface area contributed by atoms with Crippen LogP contribution in [0.2, 0.25) is 10.0 Å². The van der Waals surface area contributed by atoms with E-state index in [-0.39, 0.29) is 16.7 Å². The van der Waals surface area contributed by atoms with Gasteiger partial charge in [0.15, 0.2) is 5.78 Å². The highest BCUT2D eigenvalue weighted by atomic mass is 35.5. The van der Waals surface area contributed by atoms with Crippen LogP contribution in [0.25, 0.3) is 6.08 Å². The first-order chi connectivity index (χ1) is 15.1. The molecule has 4 atom stereocenters. The Labute approximate surface area is 196 Å². The van der Waals surface area contributed by atoms with E-state index in [9.17, 15) is 14.4 Å². The van der Waals surface area contributed by atoms with Gasteiger partial charge < -0.3 is 4.90 Å². The maximum absolute atomic E-state index is 13.8. The third-order valence-corrected chi connectivity index (χ3v) is 7.16. The molecule has 2 aromatic carbocycles. The van der Waals surface area contributed by atoms with Crippen molar-refractivity contribution in [3.63, 3.8) is 0 Å². The van der Waals surface area contributed by atoms with E-state index in [1.165, 1.54) is 6.07 Å². The van der Waals surface area contributed by atoms with Crippen LogP contribution < -0.4 is 4.90 Å². The summed E-state index contributed by atoms with van der Waals surface area (Å²) >= 11 is 12.4. The Balaban J connectivity index is 1.68. The molecule has 0 saturated carbocycles. The Morgan fingerprint density at radius 1 is 0.969 bits per heavy atom. The van der Waals surface area contributed by atoms with Gasteiger partial charge in [-0.3, -0.25) is 14.4 Å². The number of hydrogen-bond donors (Lipinski definition) is 0. The van der Waals surface area contributed by atoms with Crippen LogP contribution in [0.4, 0.5) is 5.69 Å². The number of carbonyl (C=O) groups excluding carboxylic acids is 3. The summed E-state index contributed by atoms with van der Waals surface area (Å²) < 4.78 is 0. The average molecular weight is 469 g/mol. The lowest BCUT2D eigenvalue weighted by Crippen LogP contribution is -2.47. The minimum absolute atomic E-state index is 0.0655. The van der Waals surface area contributed by atoms with Crippen molar-refractivity contribution in [1.82, 2.24) is 4.90 Å². The first-order valence-corrected chi connectivity index (χ1v) is 11.3. The van der Waals surface area contributed by atoms with Crippen molar-refractivity contribution in [2.45, 2.75) is 32.9 Å². The summed E-state index contributed by atoms with van der Waals surface area (Å²) in [4.78, 5) is 44.2. The lowest BCUT2D eigenvalue weighted by molar-refractivity contribution is -0.135. The van der Waals surface area contributed by atoms with Gasteiger partial charge in [0.05, 0.1) is 28.6 Å². The van der Waals surface area contributed by atoms with Crippen molar-refractivity contribution >= 4 is 52.6 Å². The zero-order valence-corrected chi connectivity index (χ0v) is 19.4. The van der Waals surface area contributed by atoms with Gasteiger partial charge in [-0.25, -0.2) is 4.90 Å². The summed E-state index contributed by atoms with van der Waals surface area (Å²) in [5, 5.41) is 0.634. The summed E-state index contributed by atoms with van der Waals surface area (Å²) in [6.45, 7) is 5.52. The molecule has 0 aromatic heterocycles. The number of ketones is 1. The summed E-state index contributed by atoms with van der Waals surface area (Å²) in [7, 11) is 0. The molecule has 2 amide bonds. The molecular formula is C25H22Cl2N2O3. The molecule has 7 heteroatoms. The number of amides is 2. The van der Waals surface area contributed by atoms with Crippen LogP contribution in [0.3, 0.4) is 0 Å². The van der Waals surface area contributed by atoms with Crippen molar-refractivity contribution in [2.75, 3.05) is 4.90 Å². The largest absolute Gasteiger partial charge is 0.359 e. The SMILES string of the molecule is CC(C)(C)C(=O)[C@@H]1[C@@H]2C(=O)N(c3ccc(Cl)cc3Cl)C(=O)[C@H]2[C@H]2c3ccccc3C=CN12. The Morgan fingerprint density at radius 2 is 1.66 bits per heavy atom. The fourth-order valence-electron chi connectivity index (χ4n) is 5.20. The molecule has 2 fully saturated rings. The minimum atomic E-state index is -0.790. The van der Waals surface area contributed by atoms with Gasteiger partial charge in [-0.05, 0) is 35.4 Å². The van der Waals surface area contributed by atoms with Crippen LogP contribution in [0.5, 0.6) is 0 Å². The van der Waals surface area contributed by atoms with Gasteiger partial charge in [0.25, 0.3) is 0 Å². The lowest BCUT2D eigenvalue weighted by Gasteiger charge is -2.37. The van der Waals surface area contributed by atoms with E-state index in [1.807, 2.05) is 62.2 Å². The van der Waals surface area contributed by atoms with E-state index in [0.717, 1.165) is 16.0 Å². The number of nitrogens with zero attached hydrogens (tertiary/aromatic N) is 2. The fourth-order valence-corrected chi connectivity index (χ4v) is 5.69. The summed E-state index contributed by atoms with van der Waals surface area (Å²) in [6.07, 6.45) is 3.80. The lowest BCUT2D eigenvalue weighted by atomic mass is 9.79. The highest BCUT2D eigenvalue weighted by molar-refractivity contribution is 6.38. The van der Waals surface area contributed by atoms with Crippen LogP contribution in [-0.4, -0.2) is 28.5 Å². The number of anilines is 1. The number of carbonyl (C=O) groups is 3. The van der Waals surface area contributed by atoms with Gasteiger partial charge >= 0.3 is 0 Å². The monoisotopic (exact) mass is 468 g/mol. The summed E-state index contributed by atoms with van der Waals surface area (Å²) in [5.41, 5.74) is 1.55. The maximum Gasteiger partial charge on any atom is 0.240 e. The molecule has 5 nitrogen and oxygen atoms in total. The second kappa shape index (κ2) is 7.19. The van der Waals surface area contributed by atoms with E-state index >= 15 is 0 Å². The molecule has 164 valence electrons. The van der Waals surface area contributed by atoms with Crippen molar-refractivity contribution in [2.24, 2.45) is 17.3 Å². The van der Waals surface area contributed by atoms with E-state index < -0.39 is 35.2 Å². The first kappa shape index (κ1) is 21.2. The molecule has 0 bridgehead atoms. The van der Waals surface area contributed by atoms with E-state index in [0.29, 0.717) is 10.7 Å². The van der Waals surface area contributed by atoms with Gasteiger partial charge in [-0.1, -0.05) is 68.2 Å². The number of hydrogen-bond acceptors (Lipinski definition) is 4. The smallest absolute Gasteiger partial charge is 0.240 e. The quantitative estimate of drug-likeness (QED) is 0.573. The first-order valence-electron chi connectivity index (χ1n) is 10.5. The molecule has 0 unspecified atom stereocenters. The average Bonchev–Trinajstić information content (AvgIpc) is 3.20. The predicted molar refractivity (Wildman–Crippen MR) is 124 cm³/mol. The molecule has 2 saturated heterocycles. The highest BCUT2D eigenvalue weighted by Crippen LogP contribution is 2.54. The van der Waals surface area contributed by atoms with Crippen molar-refractivity contribution in [3.05, 3.63) is 69.8 Å². The van der Waals surface area contributed by atoms with Crippen LogP contribution in [0.1, 0.15) is 37.9 Å². The molecule has 0 aliphatic carbocycles. The molecule has 3 heterocycles. The second-order valence-corrected chi connectivity index (χ2v) is 10.4. The number of Topliss-reactive ketones (excluding diaryl/α,β-unsaturated/α-hetero) is 1. The van der Waals surface area contributed by atoms with E-state index in [1.54, 1.807) is 12.1 Å². The molecule has 5 rings (SSSR count). The third kappa shape index (κ3) is 2.95. The normalized spacial score (nSPS) is 26.3. The van der Waals surface area contributed by atoms with Crippen LogP contribution in [0.15, 0.2) is 48.7 Å². The maximum atomic E-state index is 13.8. The number of imide groups is 1. The van der Waals surface area contributed by atoms with Gasteiger partial charge in [0.2, 0.25) is 11.8 Å². The topological polar surface area (TPSA) is 57.7 Å². The van der Waals surface area contributed by atoms with Crippen molar-refractivity contribution < 1.29 is 14.4 Å². The molecule has 2 aromatic rings. The number of benzene rings is 2. The predicted octanol–water partition coefficient (Wildman–Crippen LogP) is 5.12. The van der Waals surface area contributed by atoms with Gasteiger partial charge in [-0.15, -0.1) is 0 Å². The van der Waals surface area contributed by atoms with E-state index in [2.05, 4.69) is 0 Å². The number of halogens is 2. The zero-order valence-electron chi connectivity index (χ0n) is 17.9. The summed E-state index contributed by atoms with van der Waals surface area (Å²) in [6, 6.07) is 11.3. The zero-order chi connectivity index (χ0) is 22.9. The van der Waals surface area contributed by atoms with E-state index in [4.69, 9.17) is 23.2 Å². The highest BCUT2D eigenvalue weighted by Gasteiger charge is 2.65. The standard InChI is InChI=1S/C25H22Cl2N2O3/c1-25(2,3)22(30)21-19-18(20-15-7-5-4-6-13(15)10-11-28(20)21)23(31)29(24(19)32)17-9-8-14(26)12-16(17)27/h4-12,18-21H,1-3H3/t18-,19-,20-,21+/m1/s1. The van der Waals surface area contributed by atoms with Gasteiger partial charge in [-0.2, -0.15) is 0 Å². The fraction of sp³-hybridized carbons (Fsp3) is 0.320. The number of rotatable bonds is 2. The Kier molecular flexibility index (Phi) is 4.77. The molecular weight excluding hydrogens is 447 g/mol. The Morgan fingerprint density at radius 3 is 2.34 bits per heavy atom. The van der Waals surface area contributed by atoms with Gasteiger partial charge in [0.1, 0.15) is 6.04 Å². The molecule has 0 radical (unpaired) electrons. The Bertz CT molecular complexity index is 1200. The minimum Gasteiger partial charge on any atom is -0.359 e. The Hall–Kier alpha value is -2.63. The van der Waals surface area contributed by atoms with Crippen molar-refractivity contribution in [1.29, 1.82) is 0 Å². The van der Waals surface area contributed by atoms with Crippen molar-refractivity contribution in [3.8, 4) is 0 Å². The third-order valence-electron chi connectivity index (χ3n) is 6.62. The summed E-state index contributed by atoms with van der Waals surface area (Å²) in [5.74, 6) is -2.27.